The molecule has 0 bridgehead atoms. The molecule has 0 aliphatic carbocycles. The summed E-state index contributed by atoms with van der Waals surface area (Å²) in [6, 6.07) is 2.78. The molecule has 1 aromatic rings. The van der Waals surface area contributed by atoms with Crippen molar-refractivity contribution in [2.45, 2.75) is 18.9 Å². The third kappa shape index (κ3) is 2.05. The molecule has 0 saturated carbocycles. The van der Waals surface area contributed by atoms with E-state index in [0.717, 1.165) is 11.0 Å². The number of carboxylic acids is 1. The Labute approximate surface area is 123 Å². The molecule has 2 aliphatic rings. The molecule has 0 atom stereocenters. The average Bonchev–Trinajstić information content (AvgIpc) is 2.69. The Hall–Kier alpha value is -3.03. The maximum atomic E-state index is 12.4. The summed E-state index contributed by atoms with van der Waals surface area (Å²) < 4.78 is 0. The lowest BCUT2D eigenvalue weighted by Gasteiger charge is -2.28. The topological polar surface area (TPSA) is 121 Å². The van der Waals surface area contributed by atoms with Gasteiger partial charge in [0.05, 0.1) is 22.7 Å². The molecule has 0 radical (unpaired) electrons. The molecular formula is C14H10N2O6. The highest BCUT2D eigenvalue weighted by molar-refractivity contribution is 6.22. The number of imide groups is 2. The van der Waals surface area contributed by atoms with Crippen molar-refractivity contribution in [3.63, 3.8) is 0 Å². The molecule has 2 aliphatic heterocycles. The number of rotatable bonds is 2. The van der Waals surface area contributed by atoms with Gasteiger partial charge in [-0.2, -0.15) is 0 Å². The first-order valence-electron chi connectivity index (χ1n) is 6.46. The second-order valence-corrected chi connectivity index (χ2v) is 5.08. The lowest BCUT2D eigenvalue weighted by Crippen LogP contribution is -2.50. The van der Waals surface area contributed by atoms with Gasteiger partial charge in [-0.25, -0.2) is 4.79 Å². The lowest BCUT2D eigenvalue weighted by atomic mass is 10.0. The van der Waals surface area contributed by atoms with Gasteiger partial charge >= 0.3 is 5.97 Å². The third-order valence-corrected chi connectivity index (χ3v) is 3.65. The van der Waals surface area contributed by atoms with Gasteiger partial charge in [0.25, 0.3) is 11.8 Å². The van der Waals surface area contributed by atoms with Crippen LogP contribution in [0.1, 0.15) is 43.9 Å². The Bertz CT molecular complexity index is 738. The van der Waals surface area contributed by atoms with E-state index >= 15 is 0 Å². The monoisotopic (exact) mass is 302 g/mol. The molecule has 0 unspecified atom stereocenters. The number of piperidine rings is 1. The smallest absolute Gasteiger partial charge is 0.335 e. The predicted molar refractivity (Wildman–Crippen MR) is 70.1 cm³/mol. The van der Waals surface area contributed by atoms with E-state index in [-0.39, 0.29) is 29.5 Å². The molecule has 112 valence electrons. The largest absolute Gasteiger partial charge is 0.478 e. The highest BCUT2D eigenvalue weighted by atomic mass is 16.4. The number of carbonyl (C=O) groups excluding carboxylic acids is 4. The molecule has 22 heavy (non-hydrogen) atoms. The Morgan fingerprint density at radius 2 is 1.64 bits per heavy atom. The fourth-order valence-corrected chi connectivity index (χ4v) is 2.66. The number of aromatic carboxylic acids is 1. The van der Waals surface area contributed by atoms with Crippen LogP contribution < -0.4 is 5.32 Å². The van der Waals surface area contributed by atoms with E-state index in [9.17, 15) is 24.0 Å². The zero-order chi connectivity index (χ0) is 16.0. The molecule has 2 N–H and O–H groups in total. The quantitative estimate of drug-likeness (QED) is 0.729. The second-order valence-electron chi connectivity index (χ2n) is 5.08. The molecular weight excluding hydrogens is 292 g/mol. The van der Waals surface area contributed by atoms with Gasteiger partial charge in [-0.15, -0.1) is 0 Å². The highest BCUT2D eigenvalue weighted by Crippen LogP contribution is 2.28. The maximum absolute atomic E-state index is 12.4. The van der Waals surface area contributed by atoms with Crippen LogP contribution in [0.4, 0.5) is 0 Å². The Morgan fingerprint density at radius 1 is 1.05 bits per heavy atom. The van der Waals surface area contributed by atoms with Crippen LogP contribution in [0.15, 0.2) is 18.2 Å². The molecule has 8 heteroatoms. The van der Waals surface area contributed by atoms with E-state index in [1.54, 1.807) is 0 Å². The molecule has 8 nitrogen and oxygen atoms in total. The summed E-state index contributed by atoms with van der Waals surface area (Å²) in [5.41, 5.74) is -0.0593. The van der Waals surface area contributed by atoms with Crippen molar-refractivity contribution in [2.75, 3.05) is 0 Å². The van der Waals surface area contributed by atoms with Crippen molar-refractivity contribution in [3.8, 4) is 0 Å². The van der Waals surface area contributed by atoms with Gasteiger partial charge < -0.3 is 5.11 Å². The summed E-state index contributed by atoms with van der Waals surface area (Å²) in [6.45, 7) is 0. The molecule has 4 amide bonds. The van der Waals surface area contributed by atoms with E-state index in [2.05, 4.69) is 5.32 Å². The average molecular weight is 302 g/mol. The zero-order valence-electron chi connectivity index (χ0n) is 11.2. The normalized spacial score (nSPS) is 18.5. The molecule has 1 saturated heterocycles. The van der Waals surface area contributed by atoms with Gasteiger partial charge in [-0.05, 0) is 18.2 Å². The number of nitrogens with zero attached hydrogens (tertiary/aromatic N) is 1. The molecule has 0 aromatic heterocycles. The molecule has 2 heterocycles. The van der Waals surface area contributed by atoms with Crippen LogP contribution in [0.3, 0.4) is 0 Å². The standard InChI is InChI=1S/C14H10N2O6/c17-10-4-7(5-11(18)15-10)16-12(19)8-2-1-6(14(21)22)3-9(8)13(16)20/h1-3,7H,4-5H2,(H,21,22)(H,15,17,18). The van der Waals surface area contributed by atoms with Gasteiger partial charge in [0.1, 0.15) is 0 Å². The molecule has 0 spiro atoms. The Morgan fingerprint density at radius 3 is 2.23 bits per heavy atom. The minimum Gasteiger partial charge on any atom is -0.478 e. The van der Waals surface area contributed by atoms with Crippen molar-refractivity contribution in [1.29, 1.82) is 0 Å². The van der Waals surface area contributed by atoms with Crippen LogP contribution in [0, 0.1) is 0 Å². The van der Waals surface area contributed by atoms with Crippen molar-refractivity contribution >= 4 is 29.6 Å². The SMILES string of the molecule is O=C1CC(N2C(=O)c3ccc(C(=O)O)cc3C2=O)CC(=O)N1. The van der Waals surface area contributed by atoms with E-state index in [0.29, 0.717) is 0 Å². The number of benzene rings is 1. The van der Waals surface area contributed by atoms with Crippen LogP contribution in [0.25, 0.3) is 0 Å². The number of hydrogen-bond donors (Lipinski definition) is 2. The van der Waals surface area contributed by atoms with Crippen LogP contribution in [-0.4, -0.2) is 45.6 Å². The first-order chi connectivity index (χ1) is 10.4. The summed E-state index contributed by atoms with van der Waals surface area (Å²) in [6.07, 6.45) is -0.300. The van der Waals surface area contributed by atoms with Crippen LogP contribution in [0.5, 0.6) is 0 Å². The summed E-state index contributed by atoms with van der Waals surface area (Å²) in [5, 5.41) is 11.0. The zero-order valence-corrected chi connectivity index (χ0v) is 11.2. The molecule has 1 aromatic carbocycles. The first-order valence-corrected chi connectivity index (χ1v) is 6.46. The second kappa shape index (κ2) is 4.76. The number of nitrogens with one attached hydrogen (secondary N) is 1. The van der Waals surface area contributed by atoms with Gasteiger partial charge in [-0.1, -0.05) is 0 Å². The van der Waals surface area contributed by atoms with Crippen LogP contribution in [0.2, 0.25) is 0 Å². The Balaban J connectivity index is 1.98. The number of amides is 4. The number of carbonyl (C=O) groups is 5. The first kappa shape index (κ1) is 13.9. The fraction of sp³-hybridized carbons (Fsp3) is 0.214. The third-order valence-electron chi connectivity index (χ3n) is 3.65. The molecule has 1 fully saturated rings. The minimum absolute atomic E-state index is 0.0247. The summed E-state index contributed by atoms with van der Waals surface area (Å²) in [7, 11) is 0. The van der Waals surface area contributed by atoms with E-state index < -0.39 is 35.6 Å². The fourth-order valence-electron chi connectivity index (χ4n) is 2.66. The van der Waals surface area contributed by atoms with Crippen molar-refractivity contribution < 1.29 is 29.1 Å². The summed E-state index contributed by atoms with van der Waals surface area (Å²) in [4.78, 5) is 59.3. The van der Waals surface area contributed by atoms with Crippen molar-refractivity contribution in [1.82, 2.24) is 10.2 Å². The van der Waals surface area contributed by atoms with Gasteiger partial charge in [0.15, 0.2) is 0 Å². The van der Waals surface area contributed by atoms with Crippen LogP contribution in [-0.2, 0) is 9.59 Å². The van der Waals surface area contributed by atoms with E-state index in [1.165, 1.54) is 12.1 Å². The Kier molecular flexibility index (Phi) is 3.01. The van der Waals surface area contributed by atoms with Gasteiger partial charge in [0.2, 0.25) is 11.8 Å². The van der Waals surface area contributed by atoms with E-state index in [1.807, 2.05) is 0 Å². The van der Waals surface area contributed by atoms with Gasteiger partial charge in [0, 0.05) is 12.8 Å². The lowest BCUT2D eigenvalue weighted by molar-refractivity contribution is -0.134. The minimum atomic E-state index is -1.21. The van der Waals surface area contributed by atoms with Crippen molar-refractivity contribution in [3.05, 3.63) is 34.9 Å². The van der Waals surface area contributed by atoms with Crippen molar-refractivity contribution in [2.24, 2.45) is 0 Å². The highest BCUT2D eigenvalue weighted by Gasteiger charge is 2.43. The number of hydrogen-bond acceptors (Lipinski definition) is 5. The van der Waals surface area contributed by atoms with Gasteiger partial charge in [-0.3, -0.25) is 29.4 Å². The number of carboxylic acid groups (broad SMARTS) is 1. The summed E-state index contributed by atoms with van der Waals surface area (Å²) >= 11 is 0. The van der Waals surface area contributed by atoms with E-state index in [4.69, 9.17) is 5.11 Å². The molecule has 3 rings (SSSR count). The summed E-state index contributed by atoms with van der Waals surface area (Å²) in [5.74, 6) is -3.62. The maximum Gasteiger partial charge on any atom is 0.335 e. The van der Waals surface area contributed by atoms with Crippen LogP contribution >= 0.6 is 0 Å². The number of fused-ring (bicyclic) bond motifs is 1. The predicted octanol–water partition coefficient (Wildman–Crippen LogP) is -0.214.